The third-order valence-corrected chi connectivity index (χ3v) is 3.27. The highest BCUT2D eigenvalue weighted by molar-refractivity contribution is 5.58. The van der Waals surface area contributed by atoms with E-state index in [2.05, 4.69) is 0 Å². The van der Waals surface area contributed by atoms with Crippen molar-refractivity contribution >= 4 is 6.16 Å². The predicted octanol–water partition coefficient (Wildman–Crippen LogP) is 3.46. The van der Waals surface area contributed by atoms with Crippen LogP contribution in [0.1, 0.15) is 36.8 Å². The van der Waals surface area contributed by atoms with Crippen molar-refractivity contribution in [2.75, 3.05) is 0 Å². The molecule has 16 heavy (non-hydrogen) atoms. The Morgan fingerprint density at radius 3 is 2.31 bits per heavy atom. The van der Waals surface area contributed by atoms with Crippen LogP contribution >= 0.6 is 0 Å². The van der Waals surface area contributed by atoms with Gasteiger partial charge in [0.2, 0.25) is 0 Å². The van der Waals surface area contributed by atoms with Gasteiger partial charge in [0.25, 0.3) is 0 Å². The molecule has 3 nitrogen and oxygen atoms in total. The number of hydrogen-bond acceptors (Lipinski definition) is 2. The van der Waals surface area contributed by atoms with Crippen LogP contribution in [-0.4, -0.2) is 11.3 Å². The molecule has 0 aliphatic heterocycles. The van der Waals surface area contributed by atoms with Crippen molar-refractivity contribution in [3.8, 4) is 0 Å². The van der Waals surface area contributed by atoms with Crippen molar-refractivity contribution in [3.63, 3.8) is 0 Å². The molecule has 0 unspecified atom stereocenters. The van der Waals surface area contributed by atoms with Crippen LogP contribution in [0.15, 0.2) is 24.3 Å². The number of carboxylic acid groups (broad SMARTS) is 1. The van der Waals surface area contributed by atoms with E-state index < -0.39 is 11.8 Å². The molecule has 0 radical (unpaired) electrons. The molecule has 0 saturated heterocycles. The van der Waals surface area contributed by atoms with Crippen LogP contribution in [0.3, 0.4) is 0 Å². The maximum atomic E-state index is 10.8. The molecule has 1 fully saturated rings. The second-order valence-corrected chi connectivity index (χ2v) is 4.44. The highest BCUT2D eigenvalue weighted by Crippen LogP contribution is 2.42. The van der Waals surface area contributed by atoms with Crippen molar-refractivity contribution in [1.82, 2.24) is 0 Å². The van der Waals surface area contributed by atoms with E-state index in [0.717, 1.165) is 31.2 Å². The second-order valence-electron chi connectivity index (χ2n) is 4.44. The van der Waals surface area contributed by atoms with Crippen molar-refractivity contribution in [2.24, 2.45) is 0 Å². The van der Waals surface area contributed by atoms with E-state index in [4.69, 9.17) is 9.84 Å². The molecule has 1 aliphatic rings. The molecule has 1 saturated carbocycles. The molecule has 0 heterocycles. The highest BCUT2D eigenvalue weighted by Gasteiger charge is 2.39. The Bertz CT molecular complexity index is 375. The minimum absolute atomic E-state index is 0.598. The summed E-state index contributed by atoms with van der Waals surface area (Å²) in [7, 11) is 0. The van der Waals surface area contributed by atoms with Crippen LogP contribution < -0.4 is 0 Å². The molecule has 1 N–H and O–H groups in total. The third kappa shape index (κ3) is 2.03. The number of benzene rings is 1. The molecule has 0 aromatic heterocycles. The van der Waals surface area contributed by atoms with Crippen LogP contribution in [-0.2, 0) is 10.3 Å². The van der Waals surface area contributed by atoms with Gasteiger partial charge in [-0.15, -0.1) is 0 Å². The van der Waals surface area contributed by atoms with E-state index in [-0.39, 0.29) is 0 Å². The van der Waals surface area contributed by atoms with E-state index in [0.29, 0.717) is 0 Å². The zero-order valence-corrected chi connectivity index (χ0v) is 9.40. The van der Waals surface area contributed by atoms with E-state index >= 15 is 0 Å². The molecule has 86 valence electrons. The summed E-state index contributed by atoms with van der Waals surface area (Å²) in [4.78, 5) is 10.8. The minimum Gasteiger partial charge on any atom is -0.450 e. The molecule has 0 atom stereocenters. The van der Waals surface area contributed by atoms with Gasteiger partial charge in [0, 0.05) is 0 Å². The van der Waals surface area contributed by atoms with Crippen LogP contribution in [0.5, 0.6) is 0 Å². The van der Waals surface area contributed by atoms with Crippen molar-refractivity contribution in [1.29, 1.82) is 0 Å². The lowest BCUT2D eigenvalue weighted by atomic mass is 9.91. The van der Waals surface area contributed by atoms with Crippen molar-refractivity contribution in [3.05, 3.63) is 35.4 Å². The topological polar surface area (TPSA) is 46.5 Å². The summed E-state index contributed by atoms with van der Waals surface area (Å²) in [6, 6.07) is 7.95. The van der Waals surface area contributed by atoms with E-state index in [9.17, 15) is 4.79 Å². The first kappa shape index (κ1) is 11.0. The van der Waals surface area contributed by atoms with Crippen LogP contribution in [0.25, 0.3) is 0 Å². The normalized spacial score (nSPS) is 18.3. The van der Waals surface area contributed by atoms with Gasteiger partial charge in [-0.2, -0.15) is 0 Å². The SMILES string of the molecule is Cc1ccc(C2(OC(=O)O)CCCC2)cc1. The lowest BCUT2D eigenvalue weighted by Gasteiger charge is -2.28. The zero-order chi connectivity index (χ0) is 11.6. The van der Waals surface area contributed by atoms with Gasteiger partial charge < -0.3 is 9.84 Å². The number of ether oxygens (including phenoxy) is 1. The van der Waals surface area contributed by atoms with Gasteiger partial charge in [0.05, 0.1) is 0 Å². The molecule has 0 bridgehead atoms. The monoisotopic (exact) mass is 220 g/mol. The fourth-order valence-corrected chi connectivity index (χ4v) is 2.42. The quantitative estimate of drug-likeness (QED) is 0.776. The Hall–Kier alpha value is -1.51. The molecule has 2 rings (SSSR count). The van der Waals surface area contributed by atoms with Gasteiger partial charge in [0.1, 0.15) is 5.60 Å². The first-order chi connectivity index (χ1) is 7.62. The first-order valence-corrected chi connectivity index (χ1v) is 5.61. The average molecular weight is 220 g/mol. The van der Waals surface area contributed by atoms with Gasteiger partial charge in [-0.1, -0.05) is 29.8 Å². The lowest BCUT2D eigenvalue weighted by Crippen LogP contribution is -2.28. The first-order valence-electron chi connectivity index (χ1n) is 5.61. The summed E-state index contributed by atoms with van der Waals surface area (Å²) in [6.07, 6.45) is 2.47. The standard InChI is InChI=1S/C13H16O3/c1-10-4-6-11(7-5-10)13(16-12(14)15)8-2-3-9-13/h4-7H,2-3,8-9H2,1H3,(H,14,15). The minimum atomic E-state index is -1.18. The van der Waals surface area contributed by atoms with E-state index in [1.807, 2.05) is 31.2 Å². The average Bonchev–Trinajstić information content (AvgIpc) is 2.67. The highest BCUT2D eigenvalue weighted by atomic mass is 16.7. The van der Waals surface area contributed by atoms with Gasteiger partial charge in [-0.05, 0) is 38.2 Å². The Morgan fingerprint density at radius 2 is 1.81 bits per heavy atom. The maximum Gasteiger partial charge on any atom is 0.506 e. The Balaban J connectivity index is 2.31. The van der Waals surface area contributed by atoms with Crippen LogP contribution in [0.4, 0.5) is 4.79 Å². The molecule has 1 aliphatic carbocycles. The molecular formula is C13H16O3. The Kier molecular flexibility index (Phi) is 2.86. The fourth-order valence-electron chi connectivity index (χ4n) is 2.42. The van der Waals surface area contributed by atoms with Crippen LogP contribution in [0, 0.1) is 6.92 Å². The number of carbonyl (C=O) groups is 1. The number of aryl methyl sites for hydroxylation is 1. The summed E-state index contributed by atoms with van der Waals surface area (Å²) in [5.74, 6) is 0. The molecule has 1 aromatic rings. The van der Waals surface area contributed by atoms with E-state index in [1.54, 1.807) is 0 Å². The smallest absolute Gasteiger partial charge is 0.450 e. The fraction of sp³-hybridized carbons (Fsp3) is 0.462. The molecule has 3 heteroatoms. The zero-order valence-electron chi connectivity index (χ0n) is 9.40. The summed E-state index contributed by atoms with van der Waals surface area (Å²) in [5, 5.41) is 8.83. The summed E-state index contributed by atoms with van der Waals surface area (Å²) in [6.45, 7) is 2.02. The van der Waals surface area contributed by atoms with Crippen LogP contribution in [0.2, 0.25) is 0 Å². The van der Waals surface area contributed by atoms with Gasteiger partial charge in [0.15, 0.2) is 0 Å². The number of rotatable bonds is 2. The third-order valence-electron chi connectivity index (χ3n) is 3.27. The molecule has 1 aromatic carbocycles. The van der Waals surface area contributed by atoms with Gasteiger partial charge in [-0.25, -0.2) is 4.79 Å². The second kappa shape index (κ2) is 4.16. The lowest BCUT2D eigenvalue weighted by molar-refractivity contribution is -0.0187. The Morgan fingerprint density at radius 1 is 1.25 bits per heavy atom. The summed E-state index contributed by atoms with van der Waals surface area (Å²) >= 11 is 0. The van der Waals surface area contributed by atoms with Gasteiger partial charge >= 0.3 is 6.16 Å². The predicted molar refractivity (Wildman–Crippen MR) is 60.4 cm³/mol. The van der Waals surface area contributed by atoms with Crippen molar-refractivity contribution in [2.45, 2.75) is 38.2 Å². The summed E-state index contributed by atoms with van der Waals surface area (Å²) < 4.78 is 5.14. The summed E-state index contributed by atoms with van der Waals surface area (Å²) in [5.41, 5.74) is 1.56. The van der Waals surface area contributed by atoms with Crippen molar-refractivity contribution < 1.29 is 14.6 Å². The molecule has 0 spiro atoms. The van der Waals surface area contributed by atoms with E-state index in [1.165, 1.54) is 5.56 Å². The number of hydrogen-bond donors (Lipinski definition) is 1. The largest absolute Gasteiger partial charge is 0.506 e. The van der Waals surface area contributed by atoms with Gasteiger partial charge in [-0.3, -0.25) is 0 Å². The Labute approximate surface area is 95.0 Å². The molecular weight excluding hydrogens is 204 g/mol. The molecule has 0 amide bonds. The maximum absolute atomic E-state index is 10.8.